The molecular formula is C19H15Cl2N3O2. The Labute approximate surface area is 159 Å². The average molecular weight is 388 g/mol. The number of nitrogens with two attached hydrogens (primary N) is 2. The standard InChI is InChI=1S/C19H15Cl2N3O2/c1-24-7-6-15(22)10-2-4-13-16(8-10)26-19(17(13)23)18(25)12-5-3-11(20)9-14(12)21/h2-9H,22-23H2,1H3. The first kappa shape index (κ1) is 18.0. The van der Waals surface area contributed by atoms with Gasteiger partial charge in [-0.1, -0.05) is 29.3 Å². The molecule has 26 heavy (non-hydrogen) atoms. The van der Waals surface area contributed by atoms with Crippen molar-refractivity contribution in [1.29, 1.82) is 0 Å². The zero-order valence-electron chi connectivity index (χ0n) is 13.8. The van der Waals surface area contributed by atoms with E-state index >= 15 is 0 Å². The monoisotopic (exact) mass is 387 g/mol. The van der Waals surface area contributed by atoms with Crippen molar-refractivity contribution in [1.82, 2.24) is 0 Å². The predicted molar refractivity (Wildman–Crippen MR) is 107 cm³/mol. The van der Waals surface area contributed by atoms with Crippen LogP contribution in [0.25, 0.3) is 16.7 Å². The lowest BCUT2D eigenvalue weighted by molar-refractivity contribution is 0.101. The second-order valence-corrected chi connectivity index (χ2v) is 6.38. The van der Waals surface area contributed by atoms with Gasteiger partial charge >= 0.3 is 0 Å². The van der Waals surface area contributed by atoms with Gasteiger partial charge in [0.05, 0.1) is 10.7 Å². The van der Waals surface area contributed by atoms with Crippen LogP contribution in [0, 0.1) is 0 Å². The van der Waals surface area contributed by atoms with E-state index in [-0.39, 0.29) is 22.0 Å². The number of carbonyl (C=O) groups is 1. The Hall–Kier alpha value is -2.76. The lowest BCUT2D eigenvalue weighted by Crippen LogP contribution is -2.03. The van der Waals surface area contributed by atoms with Crippen LogP contribution in [0.5, 0.6) is 0 Å². The Balaban J connectivity index is 2.07. The number of hydrogen-bond acceptors (Lipinski definition) is 5. The Kier molecular flexibility index (Phi) is 5.02. The summed E-state index contributed by atoms with van der Waals surface area (Å²) in [4.78, 5) is 16.6. The maximum atomic E-state index is 12.8. The largest absolute Gasteiger partial charge is 0.450 e. The number of allylic oxidation sites excluding steroid dienone is 1. The van der Waals surface area contributed by atoms with Crippen LogP contribution in [0.2, 0.25) is 10.0 Å². The molecule has 0 spiro atoms. The Bertz CT molecular complexity index is 1070. The van der Waals surface area contributed by atoms with Crippen molar-refractivity contribution in [2.24, 2.45) is 10.7 Å². The molecule has 0 saturated carbocycles. The summed E-state index contributed by atoms with van der Waals surface area (Å²) in [7, 11) is 1.65. The maximum absolute atomic E-state index is 12.8. The van der Waals surface area contributed by atoms with Crippen LogP contribution < -0.4 is 11.5 Å². The highest BCUT2D eigenvalue weighted by atomic mass is 35.5. The highest BCUT2D eigenvalue weighted by Gasteiger charge is 2.22. The molecule has 1 heterocycles. The summed E-state index contributed by atoms with van der Waals surface area (Å²) >= 11 is 12.0. The van der Waals surface area contributed by atoms with Gasteiger partial charge in [-0.25, -0.2) is 0 Å². The number of halogens is 2. The fourth-order valence-corrected chi connectivity index (χ4v) is 3.01. The fraction of sp³-hybridized carbons (Fsp3) is 0.0526. The van der Waals surface area contributed by atoms with E-state index in [1.807, 2.05) is 0 Å². The van der Waals surface area contributed by atoms with E-state index < -0.39 is 5.78 Å². The van der Waals surface area contributed by atoms with E-state index in [0.29, 0.717) is 21.7 Å². The second-order valence-electron chi connectivity index (χ2n) is 5.54. The summed E-state index contributed by atoms with van der Waals surface area (Å²) in [5.41, 5.74) is 14.3. The Morgan fingerprint density at radius 1 is 1.19 bits per heavy atom. The van der Waals surface area contributed by atoms with E-state index in [4.69, 9.17) is 39.1 Å². The molecule has 4 N–H and O–H groups in total. The van der Waals surface area contributed by atoms with Crippen LogP contribution in [-0.2, 0) is 0 Å². The molecule has 0 unspecified atom stereocenters. The molecule has 0 aliphatic carbocycles. The van der Waals surface area contributed by atoms with Crippen molar-refractivity contribution in [3.63, 3.8) is 0 Å². The molecule has 0 amide bonds. The minimum Gasteiger partial charge on any atom is -0.450 e. The average Bonchev–Trinajstić information content (AvgIpc) is 2.95. The summed E-state index contributed by atoms with van der Waals surface area (Å²) in [5.74, 6) is -0.386. The molecule has 0 atom stereocenters. The van der Waals surface area contributed by atoms with Crippen LogP contribution in [0.3, 0.4) is 0 Å². The van der Waals surface area contributed by atoms with Gasteiger partial charge in [-0.2, -0.15) is 0 Å². The third-order valence-corrected chi connectivity index (χ3v) is 4.39. The van der Waals surface area contributed by atoms with Gasteiger partial charge in [0, 0.05) is 40.5 Å². The van der Waals surface area contributed by atoms with Crippen LogP contribution in [-0.4, -0.2) is 19.0 Å². The molecule has 0 fully saturated rings. The first-order valence-electron chi connectivity index (χ1n) is 7.62. The molecule has 0 bridgehead atoms. The van der Waals surface area contributed by atoms with Crippen LogP contribution in [0.15, 0.2) is 51.9 Å². The van der Waals surface area contributed by atoms with Crippen molar-refractivity contribution in [2.75, 3.05) is 12.8 Å². The highest BCUT2D eigenvalue weighted by Crippen LogP contribution is 2.33. The Morgan fingerprint density at radius 3 is 2.65 bits per heavy atom. The number of furan rings is 1. The molecule has 5 nitrogen and oxygen atoms in total. The predicted octanol–water partition coefficient (Wildman–Crippen LogP) is 4.55. The first-order chi connectivity index (χ1) is 12.4. The smallest absolute Gasteiger partial charge is 0.231 e. The summed E-state index contributed by atoms with van der Waals surface area (Å²) in [6.07, 6.45) is 3.26. The molecule has 0 radical (unpaired) electrons. The van der Waals surface area contributed by atoms with Crippen LogP contribution >= 0.6 is 23.2 Å². The lowest BCUT2D eigenvalue weighted by atomic mass is 10.1. The second kappa shape index (κ2) is 7.23. The molecule has 0 aliphatic rings. The van der Waals surface area contributed by atoms with Crippen molar-refractivity contribution >= 4 is 57.6 Å². The zero-order chi connectivity index (χ0) is 18.8. The van der Waals surface area contributed by atoms with Gasteiger partial charge in [-0.3, -0.25) is 9.79 Å². The Morgan fingerprint density at radius 2 is 1.96 bits per heavy atom. The number of anilines is 1. The SMILES string of the molecule is CN=CC=C(N)c1ccc2c(N)c(C(=O)c3ccc(Cl)cc3Cl)oc2c1. The third-order valence-electron chi connectivity index (χ3n) is 3.85. The number of fused-ring (bicyclic) bond motifs is 1. The number of aliphatic imine (C=N–C) groups is 1. The molecule has 0 saturated heterocycles. The van der Waals surface area contributed by atoms with Gasteiger partial charge in [0.15, 0.2) is 5.76 Å². The zero-order valence-corrected chi connectivity index (χ0v) is 15.3. The van der Waals surface area contributed by atoms with Gasteiger partial charge in [0.2, 0.25) is 5.78 Å². The quantitative estimate of drug-likeness (QED) is 0.506. The van der Waals surface area contributed by atoms with Gasteiger partial charge in [0.25, 0.3) is 0 Å². The molecular weight excluding hydrogens is 373 g/mol. The highest BCUT2D eigenvalue weighted by molar-refractivity contribution is 6.37. The van der Waals surface area contributed by atoms with Gasteiger partial charge in [-0.15, -0.1) is 0 Å². The summed E-state index contributed by atoms with van der Waals surface area (Å²) < 4.78 is 5.71. The van der Waals surface area contributed by atoms with Gasteiger partial charge < -0.3 is 15.9 Å². The number of carbonyl (C=O) groups excluding carboxylic acids is 1. The normalized spacial score (nSPS) is 12.2. The summed E-state index contributed by atoms with van der Waals surface area (Å²) in [5, 5.41) is 1.29. The molecule has 2 aromatic carbocycles. The van der Waals surface area contributed by atoms with Crippen LogP contribution in [0.4, 0.5) is 5.69 Å². The lowest BCUT2D eigenvalue weighted by Gasteiger charge is -2.02. The molecule has 0 aliphatic heterocycles. The van der Waals surface area contributed by atoms with Crippen LogP contribution in [0.1, 0.15) is 21.7 Å². The van der Waals surface area contributed by atoms with E-state index in [1.165, 1.54) is 12.1 Å². The number of rotatable bonds is 4. The maximum Gasteiger partial charge on any atom is 0.231 e. The van der Waals surface area contributed by atoms with E-state index in [1.54, 1.807) is 43.6 Å². The number of hydrogen-bond donors (Lipinski definition) is 2. The fourth-order valence-electron chi connectivity index (χ4n) is 2.51. The summed E-state index contributed by atoms with van der Waals surface area (Å²) in [6.45, 7) is 0. The number of benzene rings is 2. The minimum atomic E-state index is -0.413. The molecule has 3 aromatic rings. The molecule has 132 valence electrons. The number of nitrogen functional groups attached to an aromatic ring is 1. The van der Waals surface area contributed by atoms with Gasteiger partial charge in [0.1, 0.15) is 5.58 Å². The number of ketones is 1. The van der Waals surface area contributed by atoms with Crippen molar-refractivity contribution in [3.05, 3.63) is 69.4 Å². The third kappa shape index (κ3) is 3.31. The van der Waals surface area contributed by atoms with Crippen molar-refractivity contribution < 1.29 is 9.21 Å². The summed E-state index contributed by atoms with van der Waals surface area (Å²) in [6, 6.07) is 9.89. The minimum absolute atomic E-state index is 0.0269. The van der Waals surface area contributed by atoms with E-state index in [2.05, 4.69) is 4.99 Å². The van der Waals surface area contributed by atoms with Gasteiger partial charge in [-0.05, 0) is 36.4 Å². The first-order valence-corrected chi connectivity index (χ1v) is 8.38. The molecule has 1 aromatic heterocycles. The van der Waals surface area contributed by atoms with E-state index in [9.17, 15) is 4.79 Å². The van der Waals surface area contributed by atoms with Crippen molar-refractivity contribution in [2.45, 2.75) is 0 Å². The van der Waals surface area contributed by atoms with E-state index in [0.717, 1.165) is 5.56 Å². The topological polar surface area (TPSA) is 94.6 Å². The molecule has 7 heteroatoms. The van der Waals surface area contributed by atoms with Crippen molar-refractivity contribution in [3.8, 4) is 0 Å². The number of nitrogens with zero attached hydrogens (tertiary/aromatic N) is 1. The molecule has 3 rings (SSSR count).